The summed E-state index contributed by atoms with van der Waals surface area (Å²) in [5.74, 6) is -0.720. The maximum atomic E-state index is 12.7. The summed E-state index contributed by atoms with van der Waals surface area (Å²) in [5.41, 5.74) is -0.632. The van der Waals surface area contributed by atoms with E-state index >= 15 is 0 Å². The van der Waals surface area contributed by atoms with Crippen molar-refractivity contribution in [1.29, 1.82) is 0 Å². The van der Waals surface area contributed by atoms with Crippen LogP contribution in [-0.4, -0.2) is 23.3 Å². The second-order valence-corrected chi connectivity index (χ2v) is 7.25. The number of hydrogen-bond donors (Lipinski definition) is 1. The molecule has 0 radical (unpaired) electrons. The Bertz CT molecular complexity index is 773. The molecule has 1 atom stereocenters. The number of rotatable bonds is 5. The van der Waals surface area contributed by atoms with Crippen LogP contribution in [0.3, 0.4) is 0 Å². The van der Waals surface area contributed by atoms with Gasteiger partial charge in [0, 0.05) is 12.1 Å². The van der Waals surface area contributed by atoms with Gasteiger partial charge in [0.2, 0.25) is 0 Å². The van der Waals surface area contributed by atoms with Crippen molar-refractivity contribution in [2.24, 2.45) is 0 Å². The van der Waals surface area contributed by atoms with E-state index in [1.807, 2.05) is 13.0 Å². The first-order chi connectivity index (χ1) is 11.0. The SMILES string of the molecule is CCCN1C(=O)C(O)(CC(=O)c2ccc(Cl)s2)c2ccccc21. The fraction of sp³-hybridized carbons (Fsp3) is 0.294. The van der Waals surface area contributed by atoms with Gasteiger partial charge in [-0.15, -0.1) is 11.3 Å². The van der Waals surface area contributed by atoms with Crippen LogP contribution in [0.15, 0.2) is 36.4 Å². The Morgan fingerprint density at radius 3 is 2.70 bits per heavy atom. The minimum Gasteiger partial charge on any atom is -0.375 e. The molecule has 0 spiro atoms. The molecule has 120 valence electrons. The topological polar surface area (TPSA) is 57.6 Å². The molecule has 6 heteroatoms. The Morgan fingerprint density at radius 1 is 1.30 bits per heavy atom. The van der Waals surface area contributed by atoms with Gasteiger partial charge in [0.1, 0.15) is 0 Å². The van der Waals surface area contributed by atoms with Crippen LogP contribution in [0, 0.1) is 0 Å². The van der Waals surface area contributed by atoms with Gasteiger partial charge in [-0.25, -0.2) is 0 Å². The summed E-state index contributed by atoms with van der Waals surface area (Å²) in [6.07, 6.45) is 0.491. The van der Waals surface area contributed by atoms with Gasteiger partial charge in [0.05, 0.1) is 21.3 Å². The first-order valence-electron chi connectivity index (χ1n) is 7.39. The molecular weight excluding hydrogens is 334 g/mol. The van der Waals surface area contributed by atoms with Gasteiger partial charge < -0.3 is 10.0 Å². The highest BCUT2D eigenvalue weighted by Gasteiger charge is 2.50. The smallest absolute Gasteiger partial charge is 0.264 e. The Labute approximate surface area is 143 Å². The molecule has 0 aliphatic carbocycles. The number of anilines is 1. The molecule has 1 aliphatic rings. The molecular formula is C17H16ClNO3S. The van der Waals surface area contributed by atoms with Crippen LogP contribution in [0.4, 0.5) is 5.69 Å². The lowest BCUT2D eigenvalue weighted by molar-refractivity contribution is -0.135. The molecule has 0 saturated carbocycles. The molecule has 1 aromatic heterocycles. The lowest BCUT2D eigenvalue weighted by Gasteiger charge is -2.22. The summed E-state index contributed by atoms with van der Waals surface area (Å²) in [7, 11) is 0. The summed E-state index contributed by atoms with van der Waals surface area (Å²) in [4.78, 5) is 27.2. The van der Waals surface area contributed by atoms with Crippen LogP contribution in [0.2, 0.25) is 4.34 Å². The fourth-order valence-corrected chi connectivity index (χ4v) is 3.89. The number of amides is 1. The predicted octanol–water partition coefficient (Wildman–Crippen LogP) is 3.62. The van der Waals surface area contributed by atoms with E-state index < -0.39 is 11.5 Å². The zero-order chi connectivity index (χ0) is 16.6. The van der Waals surface area contributed by atoms with E-state index in [1.54, 1.807) is 35.2 Å². The largest absolute Gasteiger partial charge is 0.375 e. The number of halogens is 1. The van der Waals surface area contributed by atoms with Crippen molar-refractivity contribution < 1.29 is 14.7 Å². The van der Waals surface area contributed by atoms with E-state index in [0.29, 0.717) is 27.0 Å². The number of carbonyl (C=O) groups is 2. The maximum Gasteiger partial charge on any atom is 0.264 e. The monoisotopic (exact) mass is 349 g/mol. The van der Waals surface area contributed by atoms with Crippen molar-refractivity contribution in [1.82, 2.24) is 0 Å². The molecule has 1 aromatic carbocycles. The van der Waals surface area contributed by atoms with Crippen LogP contribution in [-0.2, 0) is 10.4 Å². The van der Waals surface area contributed by atoms with Crippen LogP contribution in [0.1, 0.15) is 35.0 Å². The summed E-state index contributed by atoms with van der Waals surface area (Å²) in [5, 5.41) is 11.0. The molecule has 1 amide bonds. The molecule has 0 bridgehead atoms. The quantitative estimate of drug-likeness (QED) is 0.839. The third-order valence-electron chi connectivity index (χ3n) is 3.95. The highest BCUT2D eigenvalue weighted by Crippen LogP contribution is 2.43. The Kier molecular flexibility index (Phi) is 4.27. The number of thiophene rings is 1. The van der Waals surface area contributed by atoms with Gasteiger partial charge in [-0.2, -0.15) is 0 Å². The predicted molar refractivity (Wildman–Crippen MR) is 91.3 cm³/mol. The van der Waals surface area contributed by atoms with Gasteiger partial charge in [-0.1, -0.05) is 36.7 Å². The standard InChI is InChI=1S/C17H16ClNO3S/c1-2-9-19-12-6-4-3-5-11(12)17(22,16(19)21)10-13(20)14-7-8-15(18)23-14/h3-8,22H,2,9-10H2,1H3. The molecule has 23 heavy (non-hydrogen) atoms. The minimum atomic E-state index is -1.81. The van der Waals surface area contributed by atoms with E-state index in [1.165, 1.54) is 0 Å². The van der Waals surface area contributed by atoms with Crippen LogP contribution >= 0.6 is 22.9 Å². The number of hydrogen-bond acceptors (Lipinski definition) is 4. The first kappa shape index (κ1) is 16.2. The maximum absolute atomic E-state index is 12.7. The van der Waals surface area contributed by atoms with Crippen LogP contribution in [0.25, 0.3) is 0 Å². The third kappa shape index (κ3) is 2.69. The highest BCUT2D eigenvalue weighted by atomic mass is 35.5. The number of benzene rings is 1. The average Bonchev–Trinajstić information content (AvgIpc) is 3.05. The van der Waals surface area contributed by atoms with Gasteiger partial charge >= 0.3 is 0 Å². The minimum absolute atomic E-state index is 0.278. The fourth-order valence-electron chi connectivity index (χ4n) is 2.91. The Morgan fingerprint density at radius 2 is 2.04 bits per heavy atom. The van der Waals surface area contributed by atoms with Gasteiger partial charge in [0.15, 0.2) is 11.4 Å². The van der Waals surface area contributed by atoms with Gasteiger partial charge in [0.25, 0.3) is 5.91 Å². The number of Topliss-reactive ketones (excluding diaryl/α,β-unsaturated/α-hetero) is 1. The zero-order valence-corrected chi connectivity index (χ0v) is 14.2. The van der Waals surface area contributed by atoms with Crippen molar-refractivity contribution in [3.63, 3.8) is 0 Å². The highest BCUT2D eigenvalue weighted by molar-refractivity contribution is 7.18. The van der Waals surface area contributed by atoms with E-state index in [4.69, 9.17) is 11.6 Å². The average molecular weight is 350 g/mol. The lowest BCUT2D eigenvalue weighted by atomic mass is 9.89. The van der Waals surface area contributed by atoms with E-state index in [0.717, 1.165) is 17.8 Å². The number of aliphatic hydroxyl groups is 1. The Hall–Kier alpha value is -1.69. The molecule has 2 heterocycles. The summed E-state index contributed by atoms with van der Waals surface area (Å²) < 4.78 is 0.506. The second kappa shape index (κ2) is 6.07. The molecule has 1 N–H and O–H groups in total. The van der Waals surface area contributed by atoms with Gasteiger partial charge in [-0.05, 0) is 24.6 Å². The first-order valence-corrected chi connectivity index (χ1v) is 8.59. The second-order valence-electron chi connectivity index (χ2n) is 5.54. The van der Waals surface area contributed by atoms with E-state index in [2.05, 4.69) is 0 Å². The molecule has 0 saturated heterocycles. The number of fused-ring (bicyclic) bond motifs is 1. The van der Waals surface area contributed by atoms with Crippen LogP contribution in [0.5, 0.6) is 0 Å². The van der Waals surface area contributed by atoms with Crippen molar-refractivity contribution in [3.05, 3.63) is 51.2 Å². The zero-order valence-electron chi connectivity index (χ0n) is 12.6. The van der Waals surface area contributed by atoms with Crippen molar-refractivity contribution in [2.75, 3.05) is 11.4 Å². The van der Waals surface area contributed by atoms with Crippen molar-refractivity contribution in [2.45, 2.75) is 25.4 Å². The molecule has 3 rings (SSSR count). The summed E-state index contributed by atoms with van der Waals surface area (Å²) in [6, 6.07) is 10.3. The number of para-hydroxylation sites is 1. The molecule has 4 nitrogen and oxygen atoms in total. The number of nitrogens with zero attached hydrogens (tertiary/aromatic N) is 1. The van der Waals surface area contributed by atoms with Crippen LogP contribution < -0.4 is 4.90 Å². The molecule has 0 fully saturated rings. The number of carbonyl (C=O) groups excluding carboxylic acids is 2. The molecule has 1 aliphatic heterocycles. The number of ketones is 1. The van der Waals surface area contributed by atoms with Crippen molar-refractivity contribution in [3.8, 4) is 0 Å². The third-order valence-corrected chi connectivity index (χ3v) is 5.22. The van der Waals surface area contributed by atoms with E-state index in [-0.39, 0.29) is 12.2 Å². The molecule has 1 unspecified atom stereocenters. The lowest BCUT2D eigenvalue weighted by Crippen LogP contribution is -2.42. The van der Waals surface area contributed by atoms with E-state index in [9.17, 15) is 14.7 Å². The summed E-state index contributed by atoms with van der Waals surface area (Å²) in [6.45, 7) is 2.48. The Balaban J connectivity index is 1.97. The summed E-state index contributed by atoms with van der Waals surface area (Å²) >= 11 is 7.01. The van der Waals surface area contributed by atoms with Crippen molar-refractivity contribution >= 4 is 40.3 Å². The van der Waals surface area contributed by atoms with Gasteiger partial charge in [-0.3, -0.25) is 9.59 Å². The molecule has 2 aromatic rings. The normalized spacial score (nSPS) is 20.0.